The van der Waals surface area contributed by atoms with Crippen molar-refractivity contribution in [2.75, 3.05) is 0 Å². The van der Waals surface area contributed by atoms with Crippen LogP contribution in [0.25, 0.3) is 43.2 Å². The average molecular weight is 1330 g/mol. The van der Waals surface area contributed by atoms with Crippen LogP contribution < -0.4 is 31.2 Å². The average Bonchev–Trinajstić information content (AvgIpc) is 0.710. The first kappa shape index (κ1) is 66.4. The molecule has 3 nitrogen and oxygen atoms in total. The number of hydrogen-bond acceptors (Lipinski definition) is 2. The second kappa shape index (κ2) is 23.3. The molecule has 0 aliphatic rings. The molecule has 0 spiro atoms. The molecule has 1 aromatic heterocycles. The van der Waals surface area contributed by atoms with Gasteiger partial charge in [-0.05, 0) is 70.1 Å². The van der Waals surface area contributed by atoms with Gasteiger partial charge < -0.3 is 4.74 Å². The third-order valence-electron chi connectivity index (χ3n) is 15.5. The Labute approximate surface area is 506 Å². The van der Waals surface area contributed by atoms with Crippen LogP contribution in [-0.4, -0.2) is 12.1 Å². The van der Waals surface area contributed by atoms with Gasteiger partial charge in [0.25, 0.3) is 5.69 Å². The molecule has 10 aromatic carbocycles. The standard InChI is InChI=1S/C33H22NO2.C32H12BF24/c35-33(29-19-16-23-9-4-5-12-28(23)34(29)21-22-7-2-1-3-8-22)36-30-20-17-26-14-13-24-10-6-11-25-15-18-27(30)32(26)31(24)25;34-25(35,36)13-1-14(26(37,38)39)6-21(5-13)33(22-7-15(27(40,41)42)2-16(8-22)28(43,44)45,23-9-17(29(46,47)48)3-18(10-23)30(49,50)51)24-11-19(31(52,53)54)4-20(12-24)32(55,56)57/h1-20H,21H2;1-12H/q+1;-1. The van der Waals surface area contributed by atoms with E-state index in [0.29, 0.717) is 18.0 Å². The van der Waals surface area contributed by atoms with E-state index in [9.17, 15) is 110 Å². The van der Waals surface area contributed by atoms with E-state index in [2.05, 4.69) is 60.7 Å². The van der Waals surface area contributed by atoms with Crippen molar-refractivity contribution in [3.63, 3.8) is 0 Å². The molecule has 0 saturated carbocycles. The number of halogens is 24. The highest BCUT2D eigenvalue weighted by Gasteiger charge is 2.47. The van der Waals surface area contributed by atoms with E-state index in [1.807, 2.05) is 65.2 Å². The largest absolute Gasteiger partial charge is 0.418 e. The molecule has 28 heteroatoms. The zero-order chi connectivity index (χ0) is 68.0. The van der Waals surface area contributed by atoms with Crippen molar-refractivity contribution in [1.82, 2.24) is 0 Å². The first-order valence-corrected chi connectivity index (χ1v) is 26.7. The van der Waals surface area contributed by atoms with Gasteiger partial charge in [-0.2, -0.15) is 132 Å². The number of pyridine rings is 1. The molecule has 0 N–H and O–H groups in total. The summed E-state index contributed by atoms with van der Waals surface area (Å²) in [6.07, 6.45) is -54.8. The highest BCUT2D eigenvalue weighted by Crippen LogP contribution is 2.43. The van der Waals surface area contributed by atoms with E-state index in [4.69, 9.17) is 4.74 Å². The highest BCUT2D eigenvalue weighted by molar-refractivity contribution is 7.20. The second-order valence-electron chi connectivity index (χ2n) is 21.4. The monoisotopic (exact) mass is 1330 g/mol. The van der Waals surface area contributed by atoms with Crippen LogP contribution >= 0.6 is 0 Å². The van der Waals surface area contributed by atoms with Crippen LogP contribution in [0.5, 0.6) is 5.75 Å². The first-order valence-electron chi connectivity index (χ1n) is 26.7. The Kier molecular flexibility index (Phi) is 16.6. The number of aromatic nitrogens is 1. The Morgan fingerprint density at radius 2 is 0.634 bits per heavy atom. The maximum atomic E-state index is 14.2. The topological polar surface area (TPSA) is 30.2 Å². The maximum absolute atomic E-state index is 14.2. The smallest absolute Gasteiger partial charge is 0.416 e. The molecule has 0 unspecified atom stereocenters. The van der Waals surface area contributed by atoms with Gasteiger partial charge in [0.2, 0.25) is 5.52 Å². The summed E-state index contributed by atoms with van der Waals surface area (Å²) in [5.74, 6) is 0.205. The van der Waals surface area contributed by atoms with E-state index in [-0.39, 0.29) is 5.97 Å². The Hall–Kier alpha value is -9.50. The van der Waals surface area contributed by atoms with Gasteiger partial charge in [-0.15, -0.1) is 0 Å². The molecule has 0 radical (unpaired) electrons. The minimum atomic E-state index is -6.13. The fourth-order valence-electron chi connectivity index (χ4n) is 11.4. The summed E-state index contributed by atoms with van der Waals surface area (Å²) in [7, 11) is 0. The van der Waals surface area contributed by atoms with Gasteiger partial charge in [0.05, 0.1) is 44.5 Å². The van der Waals surface area contributed by atoms with Crippen molar-refractivity contribution in [1.29, 1.82) is 0 Å². The number of esters is 1. The summed E-state index contributed by atoms with van der Waals surface area (Å²) in [6.45, 7) is 0.575. The van der Waals surface area contributed by atoms with Crippen molar-refractivity contribution in [2.45, 2.75) is 56.0 Å². The van der Waals surface area contributed by atoms with Crippen LogP contribution in [0.1, 0.15) is 60.6 Å². The molecular weight excluding hydrogens is 1290 g/mol. The van der Waals surface area contributed by atoms with Gasteiger partial charge >= 0.3 is 55.4 Å². The number of carbonyl (C=O) groups is 1. The quantitative estimate of drug-likeness (QED) is 0.0379. The zero-order valence-electron chi connectivity index (χ0n) is 46.1. The van der Waals surface area contributed by atoms with Gasteiger partial charge in [-0.3, -0.25) is 0 Å². The Morgan fingerprint density at radius 3 is 1.01 bits per heavy atom. The molecule has 93 heavy (non-hydrogen) atoms. The summed E-state index contributed by atoms with van der Waals surface area (Å²) in [4.78, 5) is 13.7. The number of benzene rings is 10. The van der Waals surface area contributed by atoms with Crippen molar-refractivity contribution in [2.24, 2.45) is 0 Å². The number of alkyl halides is 24. The fourth-order valence-corrected chi connectivity index (χ4v) is 11.4. The minimum absolute atomic E-state index is 0.369. The van der Waals surface area contributed by atoms with Gasteiger partial charge in [0.1, 0.15) is 11.9 Å². The lowest BCUT2D eigenvalue weighted by Crippen LogP contribution is -2.75. The summed E-state index contributed by atoms with van der Waals surface area (Å²) in [5, 5.41) is 7.86. The van der Waals surface area contributed by atoms with Crippen molar-refractivity contribution < 1.29 is 119 Å². The lowest BCUT2D eigenvalue weighted by Gasteiger charge is -2.46. The van der Waals surface area contributed by atoms with Gasteiger partial charge in [0.15, 0.2) is 6.54 Å². The maximum Gasteiger partial charge on any atom is 0.416 e. The molecule has 0 aliphatic heterocycles. The molecule has 11 aromatic rings. The van der Waals surface area contributed by atoms with Crippen LogP contribution in [-0.2, 0) is 56.0 Å². The lowest BCUT2D eigenvalue weighted by atomic mass is 9.12. The van der Waals surface area contributed by atoms with E-state index in [0.717, 1.165) is 32.6 Å². The summed E-state index contributed by atoms with van der Waals surface area (Å²) < 4.78 is 349. The zero-order valence-corrected chi connectivity index (χ0v) is 46.1. The molecule has 0 fully saturated rings. The molecule has 11 rings (SSSR count). The Balaban J connectivity index is 0.000000223. The molecule has 0 aliphatic carbocycles. The molecule has 0 bridgehead atoms. The van der Waals surface area contributed by atoms with Crippen LogP contribution in [0.2, 0.25) is 0 Å². The normalized spacial score (nSPS) is 13.2. The molecule has 482 valence electrons. The number of rotatable bonds is 8. The minimum Gasteiger partial charge on any atom is -0.418 e. The van der Waals surface area contributed by atoms with Crippen LogP contribution in [0.3, 0.4) is 0 Å². The molecule has 0 saturated heterocycles. The van der Waals surface area contributed by atoms with Gasteiger partial charge in [-0.25, -0.2) is 4.79 Å². The number of hydrogen-bond donors (Lipinski definition) is 0. The van der Waals surface area contributed by atoms with Gasteiger partial charge in [0, 0.05) is 33.9 Å². The van der Waals surface area contributed by atoms with Crippen LogP contribution in [0.15, 0.2) is 194 Å². The second-order valence-corrected chi connectivity index (χ2v) is 21.4. The number of ether oxygens (including phenoxy) is 1. The number of para-hydroxylation sites is 1. The predicted molar refractivity (Wildman–Crippen MR) is 295 cm³/mol. The SMILES string of the molecule is FC(F)(F)c1cc([B-](c2cc(C(F)(F)F)cc(C(F)(F)F)c2)(c2cc(C(F)(F)F)cc(C(F)(F)F)c2)c2cc(C(F)(F)F)cc(C(F)(F)F)c2)cc(C(F)(F)F)c1.O=C(Oc1ccc2ccc3cccc4ccc1c2c34)c1ccc2ccccc2[n+]1Cc1ccccc1. The molecule has 0 amide bonds. The van der Waals surface area contributed by atoms with Crippen LogP contribution in [0.4, 0.5) is 105 Å². The number of carbonyl (C=O) groups excluding carboxylic acids is 1. The van der Waals surface area contributed by atoms with Gasteiger partial charge in [-0.1, -0.05) is 133 Å². The van der Waals surface area contributed by atoms with Crippen LogP contribution in [0, 0.1) is 0 Å². The van der Waals surface area contributed by atoms with E-state index in [1.54, 1.807) is 0 Å². The lowest BCUT2D eigenvalue weighted by molar-refractivity contribution is -0.664. The Bertz CT molecular complexity index is 4200. The molecular formula is C65H34BF24NO2. The molecule has 0 atom stereocenters. The van der Waals surface area contributed by atoms with E-state index >= 15 is 0 Å². The Morgan fingerprint density at radius 1 is 0.323 bits per heavy atom. The van der Waals surface area contributed by atoms with E-state index < -0.39 is 195 Å². The van der Waals surface area contributed by atoms with E-state index in [1.165, 1.54) is 16.2 Å². The van der Waals surface area contributed by atoms with Crippen molar-refractivity contribution >= 4 is 77.2 Å². The van der Waals surface area contributed by atoms with Crippen molar-refractivity contribution in [3.05, 3.63) is 250 Å². The third kappa shape index (κ3) is 13.4. The summed E-state index contributed by atoms with van der Waals surface area (Å²) in [6, 6.07) is 32.1. The fraction of sp³-hybridized carbons (Fsp3) is 0.138. The summed E-state index contributed by atoms with van der Waals surface area (Å²) >= 11 is 0. The highest BCUT2D eigenvalue weighted by atomic mass is 19.4. The molecule has 1 heterocycles. The predicted octanol–water partition coefficient (Wildman–Crippen LogP) is 18.5. The third-order valence-corrected chi connectivity index (χ3v) is 15.5. The van der Waals surface area contributed by atoms with Crippen molar-refractivity contribution in [3.8, 4) is 5.75 Å². The number of fused-ring (bicyclic) bond motifs is 1. The first-order chi connectivity index (χ1) is 43.0. The summed E-state index contributed by atoms with van der Waals surface area (Å²) in [5.41, 5.74) is -27.6. The number of nitrogens with zero attached hydrogens (tertiary/aromatic N) is 1.